The maximum absolute atomic E-state index is 12.7. The summed E-state index contributed by atoms with van der Waals surface area (Å²) in [4.78, 5) is 26.8. The van der Waals surface area contributed by atoms with Gasteiger partial charge >= 0.3 is 0 Å². The highest BCUT2D eigenvalue weighted by molar-refractivity contribution is 6.07. The lowest BCUT2D eigenvalue weighted by Gasteiger charge is -2.17. The molecule has 0 atom stereocenters. The summed E-state index contributed by atoms with van der Waals surface area (Å²) >= 11 is 0. The number of ketones is 1. The molecule has 0 fully saturated rings. The number of hydrogen-bond acceptors (Lipinski definition) is 6. The molecule has 0 heterocycles. The van der Waals surface area contributed by atoms with Gasteiger partial charge in [0, 0.05) is 41.9 Å². The molecule has 29 heavy (non-hydrogen) atoms. The summed E-state index contributed by atoms with van der Waals surface area (Å²) in [5.74, 6) is 0.0108. The lowest BCUT2D eigenvalue weighted by Crippen LogP contribution is -2.15. The first kappa shape index (κ1) is 24.3. The van der Waals surface area contributed by atoms with Gasteiger partial charge in [0.25, 0.3) is 5.69 Å². The summed E-state index contributed by atoms with van der Waals surface area (Å²) < 4.78 is 0. The monoisotopic (exact) mass is 419 g/mol. The molecule has 8 heteroatoms. The van der Waals surface area contributed by atoms with Gasteiger partial charge in [-0.15, -0.1) is 12.4 Å². The number of carbonyl (C=O) groups is 1. The Balaban J connectivity index is 0.00000420. The average Bonchev–Trinajstić information content (AvgIpc) is 2.62. The van der Waals surface area contributed by atoms with E-state index < -0.39 is 4.92 Å². The van der Waals surface area contributed by atoms with Gasteiger partial charge in [0.1, 0.15) is 5.75 Å². The Morgan fingerprint density at radius 2 is 1.52 bits per heavy atom. The minimum absolute atomic E-state index is 0. The summed E-state index contributed by atoms with van der Waals surface area (Å²) in [6, 6.07) is 9.39. The molecular formula is C21H26ClN3O4. The molecule has 156 valence electrons. The zero-order chi connectivity index (χ0) is 20.8. The number of nitro groups is 1. The Morgan fingerprint density at radius 1 is 1.03 bits per heavy atom. The molecule has 2 aromatic carbocycles. The van der Waals surface area contributed by atoms with Gasteiger partial charge in [0.2, 0.25) is 0 Å². The van der Waals surface area contributed by atoms with Crippen molar-refractivity contribution in [1.82, 2.24) is 9.80 Å². The van der Waals surface area contributed by atoms with Crippen LogP contribution in [0.15, 0.2) is 42.5 Å². The second-order valence-electron chi connectivity index (χ2n) is 7.16. The van der Waals surface area contributed by atoms with Crippen LogP contribution in [-0.4, -0.2) is 53.8 Å². The highest BCUT2D eigenvalue weighted by atomic mass is 35.5. The summed E-state index contributed by atoms with van der Waals surface area (Å²) in [5.41, 5.74) is 2.57. The quantitative estimate of drug-likeness (QED) is 0.303. The van der Waals surface area contributed by atoms with E-state index in [1.54, 1.807) is 30.3 Å². The highest BCUT2D eigenvalue weighted by Gasteiger charge is 2.14. The molecule has 0 aliphatic rings. The third-order valence-electron chi connectivity index (χ3n) is 4.06. The van der Waals surface area contributed by atoms with Crippen molar-refractivity contribution in [3.8, 4) is 5.75 Å². The van der Waals surface area contributed by atoms with Crippen LogP contribution in [0.5, 0.6) is 5.75 Å². The van der Waals surface area contributed by atoms with E-state index in [1.807, 2.05) is 38.0 Å². The number of phenolic OH excluding ortho intramolecular Hbond substituents is 1. The van der Waals surface area contributed by atoms with E-state index in [1.165, 1.54) is 18.2 Å². The van der Waals surface area contributed by atoms with Gasteiger partial charge in [-0.2, -0.15) is 0 Å². The van der Waals surface area contributed by atoms with E-state index >= 15 is 0 Å². The number of aromatic hydroxyl groups is 1. The van der Waals surface area contributed by atoms with Crippen molar-refractivity contribution < 1.29 is 14.8 Å². The number of rotatable bonds is 8. The van der Waals surface area contributed by atoms with Crippen LogP contribution in [0.1, 0.15) is 27.0 Å². The van der Waals surface area contributed by atoms with Crippen molar-refractivity contribution in [2.24, 2.45) is 0 Å². The number of carbonyl (C=O) groups excluding carboxylic acids is 1. The largest absolute Gasteiger partial charge is 0.507 e. The Kier molecular flexibility index (Phi) is 8.97. The molecule has 0 saturated carbocycles. The molecule has 2 aromatic rings. The average molecular weight is 420 g/mol. The SMILES string of the molecule is CN(C)Cc1cc(C(=O)/C=C/c2ccc([N+](=O)[O-])cc2)cc(CN(C)C)c1O.Cl. The minimum atomic E-state index is -0.465. The normalized spacial score (nSPS) is 11.1. The lowest BCUT2D eigenvalue weighted by atomic mass is 10.00. The van der Waals surface area contributed by atoms with Crippen molar-refractivity contribution in [2.75, 3.05) is 28.2 Å². The second-order valence-corrected chi connectivity index (χ2v) is 7.16. The second kappa shape index (κ2) is 10.7. The van der Waals surface area contributed by atoms with Crippen LogP contribution in [-0.2, 0) is 13.1 Å². The van der Waals surface area contributed by atoms with E-state index in [9.17, 15) is 20.0 Å². The maximum Gasteiger partial charge on any atom is 0.269 e. The minimum Gasteiger partial charge on any atom is -0.507 e. The number of allylic oxidation sites excluding steroid dienone is 1. The smallest absolute Gasteiger partial charge is 0.269 e. The van der Waals surface area contributed by atoms with E-state index in [0.717, 1.165) is 0 Å². The summed E-state index contributed by atoms with van der Waals surface area (Å²) in [6.45, 7) is 1.03. The molecule has 0 spiro atoms. The fourth-order valence-corrected chi connectivity index (χ4v) is 2.80. The van der Waals surface area contributed by atoms with Crippen LogP contribution in [0.3, 0.4) is 0 Å². The maximum atomic E-state index is 12.7. The third kappa shape index (κ3) is 6.98. The molecule has 0 aliphatic heterocycles. The summed E-state index contributed by atoms with van der Waals surface area (Å²) in [6.07, 6.45) is 3.06. The molecule has 0 bridgehead atoms. The first-order valence-electron chi connectivity index (χ1n) is 8.78. The predicted octanol–water partition coefficient (Wildman–Crippen LogP) is 3.74. The number of benzene rings is 2. The number of phenols is 1. The third-order valence-corrected chi connectivity index (χ3v) is 4.06. The van der Waals surface area contributed by atoms with Crippen LogP contribution in [0.25, 0.3) is 6.08 Å². The molecule has 1 N–H and O–H groups in total. The van der Waals surface area contributed by atoms with Gasteiger partial charge in [-0.3, -0.25) is 14.9 Å². The molecule has 0 aromatic heterocycles. The van der Waals surface area contributed by atoms with Gasteiger partial charge in [0.15, 0.2) is 5.78 Å². The Morgan fingerprint density at radius 3 is 1.93 bits per heavy atom. The van der Waals surface area contributed by atoms with Crippen LogP contribution in [0.2, 0.25) is 0 Å². The fraction of sp³-hybridized carbons (Fsp3) is 0.286. The van der Waals surface area contributed by atoms with Gasteiger partial charge in [-0.05, 0) is 64.1 Å². The molecular weight excluding hydrogens is 394 g/mol. The number of hydrogen-bond donors (Lipinski definition) is 1. The van der Waals surface area contributed by atoms with Crippen LogP contribution >= 0.6 is 12.4 Å². The zero-order valence-corrected chi connectivity index (χ0v) is 17.8. The van der Waals surface area contributed by atoms with Crippen molar-refractivity contribution in [2.45, 2.75) is 13.1 Å². The van der Waals surface area contributed by atoms with Crippen molar-refractivity contribution in [3.63, 3.8) is 0 Å². The topological polar surface area (TPSA) is 86.9 Å². The van der Waals surface area contributed by atoms with Gasteiger partial charge < -0.3 is 14.9 Å². The fourth-order valence-electron chi connectivity index (χ4n) is 2.80. The van der Waals surface area contributed by atoms with Gasteiger partial charge in [-0.1, -0.05) is 6.08 Å². The van der Waals surface area contributed by atoms with Crippen LogP contribution in [0, 0.1) is 10.1 Å². The van der Waals surface area contributed by atoms with Crippen molar-refractivity contribution in [1.29, 1.82) is 0 Å². The van der Waals surface area contributed by atoms with Crippen LogP contribution < -0.4 is 0 Å². The number of non-ortho nitro benzene ring substituents is 1. The molecule has 7 nitrogen and oxygen atoms in total. The Bertz CT molecular complexity index is 862. The molecule has 0 aliphatic carbocycles. The summed E-state index contributed by atoms with van der Waals surface area (Å²) in [5, 5.41) is 21.2. The van der Waals surface area contributed by atoms with E-state index in [2.05, 4.69) is 0 Å². The molecule has 0 unspecified atom stereocenters. The van der Waals surface area contributed by atoms with E-state index in [0.29, 0.717) is 35.3 Å². The van der Waals surface area contributed by atoms with Gasteiger partial charge in [0.05, 0.1) is 4.92 Å². The highest BCUT2D eigenvalue weighted by Crippen LogP contribution is 2.27. The van der Waals surface area contributed by atoms with E-state index in [4.69, 9.17) is 0 Å². The molecule has 0 saturated heterocycles. The Labute approximate surface area is 176 Å². The first-order chi connectivity index (χ1) is 13.2. The van der Waals surface area contributed by atoms with Crippen molar-refractivity contribution in [3.05, 3.63) is 74.8 Å². The summed E-state index contributed by atoms with van der Waals surface area (Å²) in [7, 11) is 7.59. The van der Waals surface area contributed by atoms with E-state index in [-0.39, 0.29) is 29.6 Å². The standard InChI is InChI=1S/C21H25N3O4.ClH/c1-22(2)13-17-11-16(12-18(21(17)26)14-23(3)4)20(25)10-7-15-5-8-19(9-6-15)24(27)28;/h5-12,26H,13-14H2,1-4H3;1H/b10-7+;. The number of nitrogens with zero attached hydrogens (tertiary/aromatic N) is 3. The zero-order valence-electron chi connectivity index (χ0n) is 17.0. The van der Waals surface area contributed by atoms with Crippen LogP contribution in [0.4, 0.5) is 5.69 Å². The molecule has 0 amide bonds. The Hall–Kier alpha value is -2.74. The molecule has 0 radical (unpaired) electrons. The van der Waals surface area contributed by atoms with Crippen molar-refractivity contribution >= 4 is 30.0 Å². The first-order valence-corrected chi connectivity index (χ1v) is 8.78. The number of halogens is 1. The lowest BCUT2D eigenvalue weighted by molar-refractivity contribution is -0.384. The predicted molar refractivity (Wildman–Crippen MR) is 117 cm³/mol. The molecule has 2 rings (SSSR count). The number of nitro benzene ring substituents is 1. The van der Waals surface area contributed by atoms with Gasteiger partial charge in [-0.25, -0.2) is 0 Å².